The number of aromatic amines is 1. The molecule has 0 saturated heterocycles. The van der Waals surface area contributed by atoms with E-state index < -0.39 is 5.97 Å². The molecule has 1 aromatic carbocycles. The third-order valence-corrected chi connectivity index (χ3v) is 3.39. The Morgan fingerprint density at radius 2 is 2.18 bits per heavy atom. The first kappa shape index (κ1) is 14.1. The minimum atomic E-state index is -0.400. The van der Waals surface area contributed by atoms with Crippen LogP contribution in [-0.2, 0) is 14.3 Å². The number of benzene rings is 1. The van der Waals surface area contributed by atoms with Crippen LogP contribution < -0.4 is 5.43 Å². The number of nitrogens with one attached hydrogen (secondary N) is 2. The fourth-order valence-electron chi connectivity index (χ4n) is 2.37. The molecule has 0 radical (unpaired) electrons. The van der Waals surface area contributed by atoms with Gasteiger partial charge in [-0.2, -0.15) is 5.10 Å². The van der Waals surface area contributed by atoms with E-state index in [2.05, 4.69) is 15.5 Å². The maximum atomic E-state index is 11.9. The van der Waals surface area contributed by atoms with Gasteiger partial charge in [0.25, 0.3) is 5.91 Å². The maximum Gasteiger partial charge on any atom is 0.311 e. The van der Waals surface area contributed by atoms with Crippen LogP contribution in [0.2, 0.25) is 0 Å². The van der Waals surface area contributed by atoms with Crippen molar-refractivity contribution in [3.05, 3.63) is 41.6 Å². The Morgan fingerprint density at radius 1 is 1.36 bits per heavy atom. The number of amides is 1. The second-order valence-electron chi connectivity index (χ2n) is 4.83. The molecule has 0 unspecified atom stereocenters. The number of carbonyl (C=O) groups is 2. The Balaban J connectivity index is 1.92. The van der Waals surface area contributed by atoms with E-state index in [9.17, 15) is 9.59 Å². The topological polar surface area (TPSA) is 83.5 Å². The number of carbonyl (C=O) groups excluding carboxylic acids is 2. The molecular weight excluding hydrogens is 282 g/mol. The molecule has 6 nitrogen and oxygen atoms in total. The first-order chi connectivity index (χ1) is 10.7. The number of hydrazone groups is 1. The van der Waals surface area contributed by atoms with Crippen LogP contribution in [0.1, 0.15) is 18.9 Å². The summed E-state index contributed by atoms with van der Waals surface area (Å²) in [5, 5.41) is 4.92. The van der Waals surface area contributed by atoms with Crippen molar-refractivity contribution in [1.82, 2.24) is 10.4 Å². The summed E-state index contributed by atoms with van der Waals surface area (Å²) >= 11 is 0. The van der Waals surface area contributed by atoms with E-state index in [1.807, 2.05) is 30.5 Å². The van der Waals surface area contributed by atoms with Crippen LogP contribution in [0.25, 0.3) is 17.0 Å². The Kier molecular flexibility index (Phi) is 3.74. The molecule has 112 valence electrons. The lowest BCUT2D eigenvalue weighted by Crippen LogP contribution is -2.15. The van der Waals surface area contributed by atoms with Crippen molar-refractivity contribution < 1.29 is 14.3 Å². The molecule has 3 rings (SSSR count). The van der Waals surface area contributed by atoms with Crippen molar-refractivity contribution in [2.45, 2.75) is 13.3 Å². The molecule has 0 bridgehead atoms. The quantitative estimate of drug-likeness (QED) is 0.668. The highest BCUT2D eigenvalue weighted by Gasteiger charge is 2.25. The fraction of sp³-hybridized carbons (Fsp3) is 0.188. The van der Waals surface area contributed by atoms with E-state index >= 15 is 0 Å². The van der Waals surface area contributed by atoms with Gasteiger partial charge in [0.1, 0.15) is 0 Å². The number of hydrogen-bond donors (Lipinski definition) is 2. The number of aromatic nitrogens is 1. The number of ether oxygens (including phenoxy) is 1. The Bertz CT molecular complexity index is 802. The normalized spacial score (nSPS) is 16.0. The zero-order valence-corrected chi connectivity index (χ0v) is 12.1. The molecule has 22 heavy (non-hydrogen) atoms. The monoisotopic (exact) mass is 297 g/mol. The van der Waals surface area contributed by atoms with Gasteiger partial charge in [0.05, 0.1) is 24.3 Å². The minimum absolute atomic E-state index is 0.0270. The summed E-state index contributed by atoms with van der Waals surface area (Å²) in [7, 11) is 0. The largest absolute Gasteiger partial charge is 0.466 e. The SMILES string of the molecule is CCOC(=O)CC1=NNC(=O)/C1=C\c1c[nH]c2ccccc12. The van der Waals surface area contributed by atoms with Crippen LogP contribution in [0.15, 0.2) is 41.1 Å². The summed E-state index contributed by atoms with van der Waals surface area (Å²) < 4.78 is 4.90. The van der Waals surface area contributed by atoms with Crippen molar-refractivity contribution in [1.29, 1.82) is 0 Å². The van der Waals surface area contributed by atoms with Crippen molar-refractivity contribution in [2.75, 3.05) is 6.61 Å². The van der Waals surface area contributed by atoms with Crippen molar-refractivity contribution >= 4 is 34.6 Å². The molecule has 2 N–H and O–H groups in total. The van der Waals surface area contributed by atoms with Crippen LogP contribution in [0.5, 0.6) is 0 Å². The molecule has 0 spiro atoms. The number of H-pyrrole nitrogens is 1. The Labute approximate surface area is 126 Å². The lowest BCUT2D eigenvalue weighted by molar-refractivity contribution is -0.141. The molecule has 1 amide bonds. The van der Waals surface area contributed by atoms with Crippen LogP contribution in [-0.4, -0.2) is 29.2 Å². The molecule has 1 aromatic heterocycles. The molecule has 0 saturated carbocycles. The van der Waals surface area contributed by atoms with Crippen LogP contribution in [0, 0.1) is 0 Å². The number of esters is 1. The molecular formula is C16H15N3O3. The van der Waals surface area contributed by atoms with Gasteiger partial charge < -0.3 is 9.72 Å². The van der Waals surface area contributed by atoms with Gasteiger partial charge in [0, 0.05) is 22.7 Å². The number of para-hydroxylation sites is 1. The molecule has 0 atom stereocenters. The molecule has 1 aliphatic rings. The van der Waals surface area contributed by atoms with Gasteiger partial charge in [-0.3, -0.25) is 9.59 Å². The summed E-state index contributed by atoms with van der Waals surface area (Å²) in [6.45, 7) is 2.04. The minimum Gasteiger partial charge on any atom is -0.466 e. The van der Waals surface area contributed by atoms with E-state index in [1.165, 1.54) is 0 Å². The van der Waals surface area contributed by atoms with Crippen molar-refractivity contribution in [2.24, 2.45) is 5.10 Å². The van der Waals surface area contributed by atoms with E-state index in [1.54, 1.807) is 13.0 Å². The van der Waals surface area contributed by atoms with E-state index in [-0.39, 0.29) is 12.3 Å². The van der Waals surface area contributed by atoms with Crippen LogP contribution in [0.3, 0.4) is 0 Å². The summed E-state index contributed by atoms with van der Waals surface area (Å²) in [6, 6.07) is 7.79. The molecule has 2 aromatic rings. The average Bonchev–Trinajstić information content (AvgIpc) is 3.06. The number of nitrogens with zero attached hydrogens (tertiary/aromatic N) is 1. The van der Waals surface area contributed by atoms with Crippen molar-refractivity contribution in [3.8, 4) is 0 Å². The van der Waals surface area contributed by atoms with Gasteiger partial charge in [-0.25, -0.2) is 5.43 Å². The summed E-state index contributed by atoms with van der Waals surface area (Å²) in [4.78, 5) is 26.7. The highest BCUT2D eigenvalue weighted by Crippen LogP contribution is 2.22. The highest BCUT2D eigenvalue weighted by atomic mass is 16.5. The van der Waals surface area contributed by atoms with E-state index in [0.29, 0.717) is 17.9 Å². The first-order valence-corrected chi connectivity index (χ1v) is 6.99. The molecule has 0 fully saturated rings. The maximum absolute atomic E-state index is 11.9. The van der Waals surface area contributed by atoms with Gasteiger partial charge in [-0.1, -0.05) is 18.2 Å². The third-order valence-electron chi connectivity index (χ3n) is 3.39. The second kappa shape index (κ2) is 5.85. The zero-order valence-electron chi connectivity index (χ0n) is 12.1. The van der Waals surface area contributed by atoms with Gasteiger partial charge in [-0.05, 0) is 19.1 Å². The number of fused-ring (bicyclic) bond motifs is 1. The summed E-state index contributed by atoms with van der Waals surface area (Å²) in [5.41, 5.74) is 5.03. The standard InChI is InChI=1S/C16H15N3O3/c1-2-22-15(20)8-14-12(16(21)19-18-14)7-10-9-17-13-6-4-3-5-11(10)13/h3-7,9,17H,2,8H2,1H3,(H,19,21)/b12-7-. The molecule has 6 heteroatoms. The predicted molar refractivity (Wildman–Crippen MR) is 83.1 cm³/mol. The second-order valence-corrected chi connectivity index (χ2v) is 4.83. The lowest BCUT2D eigenvalue weighted by Gasteiger charge is -2.02. The molecule has 0 aliphatic carbocycles. The number of rotatable bonds is 4. The van der Waals surface area contributed by atoms with E-state index in [0.717, 1.165) is 16.5 Å². The zero-order chi connectivity index (χ0) is 15.5. The third kappa shape index (κ3) is 2.63. The van der Waals surface area contributed by atoms with Gasteiger partial charge in [0.2, 0.25) is 0 Å². The smallest absolute Gasteiger partial charge is 0.311 e. The van der Waals surface area contributed by atoms with Gasteiger partial charge in [0.15, 0.2) is 0 Å². The van der Waals surface area contributed by atoms with Gasteiger partial charge >= 0.3 is 5.97 Å². The Morgan fingerprint density at radius 3 is 3.00 bits per heavy atom. The molecule has 2 heterocycles. The molecule has 1 aliphatic heterocycles. The lowest BCUT2D eigenvalue weighted by atomic mass is 10.0. The fourth-order valence-corrected chi connectivity index (χ4v) is 2.37. The first-order valence-electron chi connectivity index (χ1n) is 6.99. The van der Waals surface area contributed by atoms with Crippen LogP contribution >= 0.6 is 0 Å². The van der Waals surface area contributed by atoms with Gasteiger partial charge in [-0.15, -0.1) is 0 Å². The Hall–Kier alpha value is -2.89. The highest BCUT2D eigenvalue weighted by molar-refractivity contribution is 6.30. The predicted octanol–water partition coefficient (Wildman–Crippen LogP) is 1.99. The van der Waals surface area contributed by atoms with Crippen LogP contribution in [0.4, 0.5) is 0 Å². The van der Waals surface area contributed by atoms with E-state index in [4.69, 9.17) is 4.74 Å². The summed E-state index contributed by atoms with van der Waals surface area (Å²) in [5.74, 6) is -0.716. The number of hydrogen-bond acceptors (Lipinski definition) is 4. The average molecular weight is 297 g/mol. The summed E-state index contributed by atoms with van der Waals surface area (Å²) in [6.07, 6.45) is 3.53. The van der Waals surface area contributed by atoms with Crippen molar-refractivity contribution in [3.63, 3.8) is 0 Å².